The highest BCUT2D eigenvalue weighted by Gasteiger charge is 2.27. The van der Waals surface area contributed by atoms with Crippen LogP contribution in [0.1, 0.15) is 60.4 Å². The quantitative estimate of drug-likeness (QED) is 0.433. The second kappa shape index (κ2) is 11.5. The molecular formula is C27H33N5O2S. The fraction of sp³-hybridized carbons (Fsp3) is 0.407. The average Bonchev–Trinajstić information content (AvgIpc) is 3.10. The third-order valence-electron chi connectivity index (χ3n) is 6.17. The van der Waals surface area contributed by atoms with E-state index < -0.39 is 5.25 Å². The van der Waals surface area contributed by atoms with Crippen LogP contribution in [0, 0.1) is 13.8 Å². The Morgan fingerprint density at radius 2 is 1.80 bits per heavy atom. The minimum atomic E-state index is -0.501. The van der Waals surface area contributed by atoms with Crippen LogP contribution in [0.5, 0.6) is 0 Å². The SMILES string of the molecule is CCn1c(CN2CCCCCC2=O)nnc1S[C@H](C(=O)Nc1cc(C)cc(C)c1)c1ccccc1. The van der Waals surface area contributed by atoms with E-state index in [4.69, 9.17) is 0 Å². The van der Waals surface area contributed by atoms with Gasteiger partial charge in [-0.15, -0.1) is 10.2 Å². The number of anilines is 1. The molecule has 7 nitrogen and oxygen atoms in total. The van der Waals surface area contributed by atoms with E-state index in [0.717, 1.165) is 54.0 Å². The monoisotopic (exact) mass is 491 g/mol. The molecule has 2 amide bonds. The van der Waals surface area contributed by atoms with Gasteiger partial charge in [0.05, 0.1) is 6.54 Å². The van der Waals surface area contributed by atoms with E-state index in [1.807, 2.05) is 72.7 Å². The fourth-order valence-corrected chi connectivity index (χ4v) is 5.60. The predicted octanol–water partition coefficient (Wildman–Crippen LogP) is 5.29. The van der Waals surface area contributed by atoms with Gasteiger partial charge in [0.25, 0.3) is 0 Å². The van der Waals surface area contributed by atoms with Crippen LogP contribution >= 0.6 is 11.8 Å². The molecule has 0 saturated carbocycles. The Morgan fingerprint density at radius 3 is 2.51 bits per heavy atom. The Morgan fingerprint density at radius 1 is 1.06 bits per heavy atom. The van der Waals surface area contributed by atoms with Crippen molar-refractivity contribution in [1.29, 1.82) is 0 Å². The summed E-state index contributed by atoms with van der Waals surface area (Å²) in [7, 11) is 0. The van der Waals surface area contributed by atoms with Gasteiger partial charge in [0.15, 0.2) is 11.0 Å². The van der Waals surface area contributed by atoms with E-state index in [0.29, 0.717) is 24.7 Å². The number of nitrogens with zero attached hydrogens (tertiary/aromatic N) is 4. The summed E-state index contributed by atoms with van der Waals surface area (Å²) in [4.78, 5) is 27.9. The first-order valence-corrected chi connectivity index (χ1v) is 13.1. The van der Waals surface area contributed by atoms with Gasteiger partial charge in [-0.1, -0.05) is 54.6 Å². The number of likely N-dealkylation sites (tertiary alicyclic amines) is 1. The Hall–Kier alpha value is -3.13. The Kier molecular flexibility index (Phi) is 8.23. The number of nitrogens with one attached hydrogen (secondary N) is 1. The second-order valence-corrected chi connectivity index (χ2v) is 10.1. The highest BCUT2D eigenvalue weighted by Crippen LogP contribution is 2.36. The molecule has 1 N–H and O–H groups in total. The summed E-state index contributed by atoms with van der Waals surface area (Å²) in [5, 5.41) is 12.1. The molecule has 0 bridgehead atoms. The van der Waals surface area contributed by atoms with Crippen LogP contribution in [0.15, 0.2) is 53.7 Å². The summed E-state index contributed by atoms with van der Waals surface area (Å²) in [5.74, 6) is 0.824. The zero-order valence-corrected chi connectivity index (χ0v) is 21.5. The van der Waals surface area contributed by atoms with E-state index in [2.05, 4.69) is 21.6 Å². The fourth-order valence-electron chi connectivity index (χ4n) is 4.48. The van der Waals surface area contributed by atoms with E-state index in [-0.39, 0.29) is 11.8 Å². The van der Waals surface area contributed by atoms with Gasteiger partial charge >= 0.3 is 0 Å². The van der Waals surface area contributed by atoms with E-state index in [1.54, 1.807) is 0 Å². The number of hydrogen-bond acceptors (Lipinski definition) is 5. The molecule has 1 aliphatic rings. The highest BCUT2D eigenvalue weighted by molar-refractivity contribution is 8.00. The van der Waals surface area contributed by atoms with E-state index in [1.165, 1.54) is 11.8 Å². The van der Waals surface area contributed by atoms with Crippen molar-refractivity contribution in [2.45, 2.75) is 70.0 Å². The van der Waals surface area contributed by atoms with Crippen LogP contribution in [0.4, 0.5) is 5.69 Å². The summed E-state index contributed by atoms with van der Waals surface area (Å²) < 4.78 is 2.02. The lowest BCUT2D eigenvalue weighted by Crippen LogP contribution is -2.31. The van der Waals surface area contributed by atoms with Gasteiger partial charge in [-0.05, 0) is 62.4 Å². The normalized spacial score (nSPS) is 15.1. The molecule has 1 aromatic heterocycles. The third-order valence-corrected chi connectivity index (χ3v) is 7.40. The number of carbonyl (C=O) groups is 2. The summed E-state index contributed by atoms with van der Waals surface area (Å²) in [6, 6.07) is 15.8. The number of aromatic nitrogens is 3. The highest BCUT2D eigenvalue weighted by atomic mass is 32.2. The van der Waals surface area contributed by atoms with Crippen molar-refractivity contribution in [1.82, 2.24) is 19.7 Å². The molecule has 8 heteroatoms. The molecule has 1 saturated heterocycles. The number of benzene rings is 2. The first-order chi connectivity index (χ1) is 16.9. The van der Waals surface area contributed by atoms with Crippen molar-refractivity contribution < 1.29 is 9.59 Å². The average molecular weight is 492 g/mol. The number of thioether (sulfide) groups is 1. The van der Waals surface area contributed by atoms with Gasteiger partial charge in [0, 0.05) is 25.2 Å². The Balaban J connectivity index is 1.58. The lowest BCUT2D eigenvalue weighted by Gasteiger charge is -2.21. The maximum Gasteiger partial charge on any atom is 0.242 e. The van der Waals surface area contributed by atoms with E-state index >= 15 is 0 Å². The van der Waals surface area contributed by atoms with Gasteiger partial charge in [-0.25, -0.2) is 0 Å². The molecule has 2 aromatic carbocycles. The van der Waals surface area contributed by atoms with Crippen LogP contribution in [0.3, 0.4) is 0 Å². The molecule has 1 fully saturated rings. The van der Waals surface area contributed by atoms with Crippen molar-refractivity contribution in [2.24, 2.45) is 0 Å². The van der Waals surface area contributed by atoms with E-state index in [9.17, 15) is 9.59 Å². The first kappa shape index (κ1) is 25.0. The van der Waals surface area contributed by atoms with Crippen molar-refractivity contribution in [3.8, 4) is 0 Å². The van der Waals surface area contributed by atoms with Gasteiger partial charge in [0.2, 0.25) is 11.8 Å². The minimum absolute atomic E-state index is 0.110. The minimum Gasteiger partial charge on any atom is -0.335 e. The molecule has 184 valence electrons. The molecule has 4 rings (SSSR count). The maximum absolute atomic E-state index is 13.5. The number of hydrogen-bond donors (Lipinski definition) is 1. The number of rotatable bonds is 8. The summed E-state index contributed by atoms with van der Waals surface area (Å²) >= 11 is 1.39. The zero-order chi connectivity index (χ0) is 24.8. The first-order valence-electron chi connectivity index (χ1n) is 12.2. The number of amides is 2. The molecule has 35 heavy (non-hydrogen) atoms. The number of aryl methyl sites for hydroxylation is 2. The maximum atomic E-state index is 13.5. The Labute approximate surface area is 211 Å². The molecule has 3 aromatic rings. The van der Waals surface area contributed by atoms with Crippen molar-refractivity contribution >= 4 is 29.3 Å². The lowest BCUT2D eigenvalue weighted by molar-refractivity contribution is -0.131. The van der Waals surface area contributed by atoms with Gasteiger partial charge in [-0.3, -0.25) is 9.59 Å². The topological polar surface area (TPSA) is 80.1 Å². The van der Waals surface area contributed by atoms with Gasteiger partial charge in [-0.2, -0.15) is 0 Å². The van der Waals surface area contributed by atoms with Crippen molar-refractivity contribution in [3.63, 3.8) is 0 Å². The van der Waals surface area contributed by atoms with Crippen LogP contribution in [0.25, 0.3) is 0 Å². The molecule has 1 aliphatic heterocycles. The van der Waals surface area contributed by atoms with Crippen LogP contribution in [-0.4, -0.2) is 38.0 Å². The smallest absolute Gasteiger partial charge is 0.242 e. The molecule has 0 radical (unpaired) electrons. The van der Waals surface area contributed by atoms with Crippen LogP contribution < -0.4 is 5.32 Å². The standard InChI is InChI=1S/C27H33N5O2S/c1-4-32-23(18-31-14-10-6-9-13-24(31)33)29-30-27(32)35-25(21-11-7-5-8-12-21)26(34)28-22-16-19(2)15-20(3)17-22/h5,7-8,11-12,15-17,25H,4,6,9-10,13-14,18H2,1-3H3,(H,28,34)/t25-/m0/s1. The van der Waals surface area contributed by atoms with Crippen molar-refractivity contribution in [3.05, 3.63) is 71.0 Å². The summed E-state index contributed by atoms with van der Waals surface area (Å²) in [5.41, 5.74) is 3.88. The molecule has 0 unspecified atom stereocenters. The molecular weight excluding hydrogens is 458 g/mol. The van der Waals surface area contributed by atoms with Crippen LogP contribution in [-0.2, 0) is 22.7 Å². The Bertz CT molecular complexity index is 1160. The van der Waals surface area contributed by atoms with Gasteiger partial charge in [0.1, 0.15) is 5.25 Å². The molecule has 2 heterocycles. The molecule has 0 aliphatic carbocycles. The molecule has 1 atom stereocenters. The summed E-state index contributed by atoms with van der Waals surface area (Å²) in [6.07, 6.45) is 3.64. The van der Waals surface area contributed by atoms with Crippen molar-refractivity contribution in [2.75, 3.05) is 11.9 Å². The zero-order valence-electron chi connectivity index (χ0n) is 20.7. The predicted molar refractivity (Wildman–Crippen MR) is 139 cm³/mol. The third kappa shape index (κ3) is 6.31. The lowest BCUT2D eigenvalue weighted by atomic mass is 10.1. The largest absolute Gasteiger partial charge is 0.335 e. The summed E-state index contributed by atoms with van der Waals surface area (Å²) in [6.45, 7) is 7.94. The second-order valence-electron chi connectivity index (χ2n) is 9.04. The van der Waals surface area contributed by atoms with Gasteiger partial charge < -0.3 is 14.8 Å². The molecule has 0 spiro atoms. The number of carbonyl (C=O) groups excluding carboxylic acids is 2. The van der Waals surface area contributed by atoms with Crippen LogP contribution in [0.2, 0.25) is 0 Å².